The molecule has 2 rings (SSSR count). The Kier molecular flexibility index (Phi) is 3.71. The molecule has 0 radical (unpaired) electrons. The van der Waals surface area contributed by atoms with Crippen LogP contribution in [0.1, 0.15) is 22.3 Å². The Balaban J connectivity index is 2.11. The summed E-state index contributed by atoms with van der Waals surface area (Å²) in [6.45, 7) is 1.98. The van der Waals surface area contributed by atoms with Crippen molar-refractivity contribution < 1.29 is 4.74 Å². The number of methoxy groups -OCH3 is 1. The monoisotopic (exact) mass is 249 g/mol. The molecular formula is C12H15N3OS. The summed E-state index contributed by atoms with van der Waals surface area (Å²) in [5, 5.41) is 3.09. The van der Waals surface area contributed by atoms with Crippen molar-refractivity contribution in [3.63, 3.8) is 0 Å². The van der Waals surface area contributed by atoms with Crippen molar-refractivity contribution in [2.75, 3.05) is 7.11 Å². The molecular weight excluding hydrogens is 234 g/mol. The molecule has 0 bridgehead atoms. The molecule has 2 heterocycles. The number of nitrogens with two attached hydrogens (primary N) is 1. The standard InChI is InChI=1S/C12H15N3OS/c1-8-7-17-12(15-8)4-11(13)9-3-10(16-2)6-14-5-9/h3,5-7,11H,4,13H2,1-2H3. The molecule has 0 saturated carbocycles. The highest BCUT2D eigenvalue weighted by Crippen LogP contribution is 2.20. The van der Waals surface area contributed by atoms with Crippen molar-refractivity contribution in [1.29, 1.82) is 0 Å². The summed E-state index contributed by atoms with van der Waals surface area (Å²) in [5.74, 6) is 0.730. The van der Waals surface area contributed by atoms with Crippen LogP contribution in [0, 0.1) is 6.92 Å². The molecule has 0 aromatic carbocycles. The number of nitrogens with zero attached hydrogens (tertiary/aromatic N) is 2. The van der Waals surface area contributed by atoms with Crippen molar-refractivity contribution in [2.24, 2.45) is 5.73 Å². The summed E-state index contributed by atoms with van der Waals surface area (Å²) in [4.78, 5) is 8.51. The van der Waals surface area contributed by atoms with Crippen LogP contribution in [0.5, 0.6) is 5.75 Å². The molecule has 2 N–H and O–H groups in total. The third-order valence-corrected chi connectivity index (χ3v) is 3.45. The van der Waals surface area contributed by atoms with E-state index in [9.17, 15) is 0 Å². The summed E-state index contributed by atoms with van der Waals surface area (Å²) in [6.07, 6.45) is 4.17. The maximum atomic E-state index is 6.13. The topological polar surface area (TPSA) is 61.0 Å². The van der Waals surface area contributed by atoms with E-state index < -0.39 is 0 Å². The number of hydrogen-bond acceptors (Lipinski definition) is 5. The fourth-order valence-electron chi connectivity index (χ4n) is 1.55. The van der Waals surface area contributed by atoms with Crippen LogP contribution in [0.2, 0.25) is 0 Å². The lowest BCUT2D eigenvalue weighted by Gasteiger charge is -2.10. The first-order chi connectivity index (χ1) is 8.19. The Morgan fingerprint density at radius 2 is 2.29 bits per heavy atom. The lowest BCUT2D eigenvalue weighted by molar-refractivity contribution is 0.411. The van der Waals surface area contributed by atoms with Gasteiger partial charge in [-0.15, -0.1) is 11.3 Å². The van der Waals surface area contributed by atoms with E-state index in [1.54, 1.807) is 30.8 Å². The molecule has 5 heteroatoms. The Hall–Kier alpha value is -1.46. The molecule has 17 heavy (non-hydrogen) atoms. The normalized spacial score (nSPS) is 12.4. The van der Waals surface area contributed by atoms with E-state index in [-0.39, 0.29) is 6.04 Å². The van der Waals surface area contributed by atoms with Crippen LogP contribution < -0.4 is 10.5 Å². The molecule has 2 aromatic heterocycles. The van der Waals surface area contributed by atoms with E-state index in [4.69, 9.17) is 10.5 Å². The fraction of sp³-hybridized carbons (Fsp3) is 0.333. The predicted molar refractivity (Wildman–Crippen MR) is 68.3 cm³/mol. The molecule has 0 fully saturated rings. The van der Waals surface area contributed by atoms with Crippen LogP contribution in [-0.2, 0) is 6.42 Å². The Bertz CT molecular complexity index is 498. The predicted octanol–water partition coefficient (Wildman–Crippen LogP) is 2.10. The summed E-state index contributed by atoms with van der Waals surface area (Å²) in [6, 6.07) is 1.82. The van der Waals surface area contributed by atoms with Gasteiger partial charge in [0.15, 0.2) is 0 Å². The van der Waals surface area contributed by atoms with E-state index in [1.165, 1.54) is 0 Å². The molecule has 0 aliphatic carbocycles. The largest absolute Gasteiger partial charge is 0.495 e. The zero-order valence-corrected chi connectivity index (χ0v) is 10.7. The highest BCUT2D eigenvalue weighted by molar-refractivity contribution is 7.09. The molecule has 1 unspecified atom stereocenters. The minimum Gasteiger partial charge on any atom is -0.495 e. The second-order valence-electron chi connectivity index (χ2n) is 3.85. The van der Waals surface area contributed by atoms with Crippen LogP contribution in [0.3, 0.4) is 0 Å². The number of aromatic nitrogens is 2. The molecule has 0 spiro atoms. The summed E-state index contributed by atoms with van der Waals surface area (Å²) >= 11 is 1.64. The molecule has 90 valence electrons. The second kappa shape index (κ2) is 5.25. The summed E-state index contributed by atoms with van der Waals surface area (Å²) in [7, 11) is 1.62. The Labute approximate surface area is 104 Å². The number of thiazole rings is 1. The maximum Gasteiger partial charge on any atom is 0.137 e. The zero-order valence-electron chi connectivity index (χ0n) is 9.88. The van der Waals surface area contributed by atoms with E-state index in [1.807, 2.05) is 18.4 Å². The number of ether oxygens (including phenoxy) is 1. The third-order valence-electron chi connectivity index (χ3n) is 2.46. The van der Waals surface area contributed by atoms with Crippen LogP contribution in [0.4, 0.5) is 0 Å². The van der Waals surface area contributed by atoms with Gasteiger partial charge in [0.25, 0.3) is 0 Å². The van der Waals surface area contributed by atoms with Gasteiger partial charge in [-0.1, -0.05) is 0 Å². The SMILES string of the molecule is COc1cncc(C(N)Cc2nc(C)cs2)c1. The van der Waals surface area contributed by atoms with Crippen LogP contribution in [0.25, 0.3) is 0 Å². The van der Waals surface area contributed by atoms with Gasteiger partial charge < -0.3 is 10.5 Å². The zero-order chi connectivity index (χ0) is 12.3. The van der Waals surface area contributed by atoms with Gasteiger partial charge in [-0.05, 0) is 18.6 Å². The van der Waals surface area contributed by atoms with Gasteiger partial charge in [-0.2, -0.15) is 0 Å². The van der Waals surface area contributed by atoms with Gasteiger partial charge in [0.1, 0.15) is 5.75 Å². The van der Waals surface area contributed by atoms with E-state index in [0.717, 1.165) is 28.4 Å². The van der Waals surface area contributed by atoms with Gasteiger partial charge in [-0.25, -0.2) is 4.98 Å². The smallest absolute Gasteiger partial charge is 0.137 e. The van der Waals surface area contributed by atoms with E-state index in [0.29, 0.717) is 0 Å². The number of rotatable bonds is 4. The molecule has 4 nitrogen and oxygen atoms in total. The van der Waals surface area contributed by atoms with Gasteiger partial charge in [-0.3, -0.25) is 4.98 Å². The molecule has 0 saturated heterocycles. The van der Waals surface area contributed by atoms with Crippen LogP contribution in [0.15, 0.2) is 23.8 Å². The summed E-state index contributed by atoms with van der Waals surface area (Å²) < 4.78 is 5.13. The first-order valence-corrected chi connectivity index (χ1v) is 6.22. The fourth-order valence-corrected chi connectivity index (χ4v) is 2.38. The molecule has 1 atom stereocenters. The average Bonchev–Trinajstić information content (AvgIpc) is 2.75. The quantitative estimate of drug-likeness (QED) is 0.901. The van der Waals surface area contributed by atoms with Crippen LogP contribution >= 0.6 is 11.3 Å². The lowest BCUT2D eigenvalue weighted by Crippen LogP contribution is -2.13. The third kappa shape index (κ3) is 3.01. The van der Waals surface area contributed by atoms with Crippen molar-refractivity contribution in [3.8, 4) is 5.75 Å². The second-order valence-corrected chi connectivity index (χ2v) is 4.79. The van der Waals surface area contributed by atoms with Crippen molar-refractivity contribution >= 4 is 11.3 Å². The summed E-state index contributed by atoms with van der Waals surface area (Å²) in [5.41, 5.74) is 8.14. The first kappa shape index (κ1) is 12.0. The number of hydrogen-bond donors (Lipinski definition) is 1. The molecule has 0 amide bonds. The Morgan fingerprint density at radius 3 is 2.94 bits per heavy atom. The number of pyridine rings is 1. The van der Waals surface area contributed by atoms with Gasteiger partial charge in [0.05, 0.1) is 18.3 Å². The maximum absolute atomic E-state index is 6.13. The number of aryl methyl sites for hydroxylation is 1. The molecule has 2 aromatic rings. The lowest BCUT2D eigenvalue weighted by atomic mass is 10.1. The van der Waals surface area contributed by atoms with Gasteiger partial charge >= 0.3 is 0 Å². The van der Waals surface area contributed by atoms with Crippen molar-refractivity contribution in [2.45, 2.75) is 19.4 Å². The Morgan fingerprint density at radius 1 is 1.47 bits per heavy atom. The van der Waals surface area contributed by atoms with E-state index >= 15 is 0 Å². The van der Waals surface area contributed by atoms with Gasteiger partial charge in [0, 0.05) is 29.7 Å². The first-order valence-electron chi connectivity index (χ1n) is 5.34. The highest BCUT2D eigenvalue weighted by atomic mass is 32.1. The minimum atomic E-state index is -0.0943. The average molecular weight is 249 g/mol. The minimum absolute atomic E-state index is 0.0943. The molecule has 0 aliphatic heterocycles. The highest BCUT2D eigenvalue weighted by Gasteiger charge is 2.10. The molecule has 0 aliphatic rings. The van der Waals surface area contributed by atoms with Gasteiger partial charge in [0.2, 0.25) is 0 Å². The van der Waals surface area contributed by atoms with E-state index in [2.05, 4.69) is 9.97 Å². The van der Waals surface area contributed by atoms with Crippen molar-refractivity contribution in [1.82, 2.24) is 9.97 Å². The van der Waals surface area contributed by atoms with Crippen LogP contribution in [-0.4, -0.2) is 17.1 Å². The van der Waals surface area contributed by atoms with Crippen molar-refractivity contribution in [3.05, 3.63) is 40.1 Å².